The molecule has 0 unspecified atom stereocenters. The molecule has 0 radical (unpaired) electrons. The van der Waals surface area contributed by atoms with E-state index < -0.39 is 10.0 Å². The van der Waals surface area contributed by atoms with E-state index in [4.69, 9.17) is 5.73 Å². The number of nitrogens with zero attached hydrogens (tertiary/aromatic N) is 1. The summed E-state index contributed by atoms with van der Waals surface area (Å²) in [6, 6.07) is 6.66. The number of nitrogens with two attached hydrogens (primary N) is 1. The number of rotatable bonds is 2. The first-order chi connectivity index (χ1) is 8.41. The minimum absolute atomic E-state index is 0.228. The number of anilines is 1. The Morgan fingerprint density at radius 2 is 1.72 bits per heavy atom. The quantitative estimate of drug-likeness (QED) is 0.834. The van der Waals surface area contributed by atoms with Gasteiger partial charge in [0.15, 0.2) is 0 Å². The largest absolute Gasteiger partial charge is 0.398 e. The Bertz CT molecular complexity index is 518. The van der Waals surface area contributed by atoms with Crippen LogP contribution in [0.2, 0.25) is 0 Å². The van der Waals surface area contributed by atoms with Crippen molar-refractivity contribution >= 4 is 15.7 Å². The normalized spacial score (nSPS) is 26.1. The molecule has 0 spiro atoms. The third kappa shape index (κ3) is 2.52. The second kappa shape index (κ2) is 4.90. The zero-order valence-electron chi connectivity index (χ0n) is 10.8. The van der Waals surface area contributed by atoms with Gasteiger partial charge in [-0.2, -0.15) is 4.31 Å². The minimum Gasteiger partial charge on any atom is -0.398 e. The molecule has 0 aliphatic carbocycles. The van der Waals surface area contributed by atoms with Gasteiger partial charge < -0.3 is 5.73 Å². The van der Waals surface area contributed by atoms with Crippen LogP contribution in [0.25, 0.3) is 0 Å². The Kier molecular flexibility index (Phi) is 3.64. The predicted octanol–water partition coefficient (Wildman–Crippen LogP) is 1.94. The third-order valence-corrected chi connectivity index (χ3v) is 5.28. The van der Waals surface area contributed by atoms with E-state index in [1.165, 1.54) is 0 Å². The van der Waals surface area contributed by atoms with E-state index in [-0.39, 0.29) is 4.90 Å². The van der Waals surface area contributed by atoms with E-state index in [1.54, 1.807) is 28.6 Å². The lowest BCUT2D eigenvalue weighted by molar-refractivity contribution is 0.222. The second-order valence-corrected chi connectivity index (χ2v) is 7.21. The molecule has 1 heterocycles. The molecule has 1 fully saturated rings. The monoisotopic (exact) mass is 268 g/mol. The fourth-order valence-electron chi connectivity index (χ4n) is 2.66. The maximum absolute atomic E-state index is 12.5. The molecule has 5 heteroatoms. The molecule has 4 nitrogen and oxygen atoms in total. The van der Waals surface area contributed by atoms with Crippen LogP contribution in [-0.4, -0.2) is 25.8 Å². The van der Waals surface area contributed by atoms with Crippen molar-refractivity contribution in [3.63, 3.8) is 0 Å². The molecule has 2 rings (SSSR count). The molecule has 18 heavy (non-hydrogen) atoms. The highest BCUT2D eigenvalue weighted by molar-refractivity contribution is 7.89. The van der Waals surface area contributed by atoms with Gasteiger partial charge in [-0.3, -0.25) is 0 Å². The molecule has 0 saturated carbocycles. The summed E-state index contributed by atoms with van der Waals surface area (Å²) in [5, 5.41) is 0. The van der Waals surface area contributed by atoms with Crippen LogP contribution in [0.5, 0.6) is 0 Å². The van der Waals surface area contributed by atoms with Crippen LogP contribution in [-0.2, 0) is 10.0 Å². The minimum atomic E-state index is -3.45. The van der Waals surface area contributed by atoms with Crippen molar-refractivity contribution < 1.29 is 8.42 Å². The lowest BCUT2D eigenvalue weighted by Gasteiger charge is -2.34. The first-order valence-electron chi connectivity index (χ1n) is 6.26. The van der Waals surface area contributed by atoms with Crippen LogP contribution in [0.15, 0.2) is 29.2 Å². The fraction of sp³-hybridized carbons (Fsp3) is 0.538. The predicted molar refractivity (Wildman–Crippen MR) is 72.6 cm³/mol. The van der Waals surface area contributed by atoms with Gasteiger partial charge in [0.1, 0.15) is 4.90 Å². The van der Waals surface area contributed by atoms with E-state index in [0.29, 0.717) is 30.6 Å². The molecule has 1 aliphatic heterocycles. The van der Waals surface area contributed by atoms with E-state index >= 15 is 0 Å². The molecule has 1 aromatic carbocycles. The van der Waals surface area contributed by atoms with Crippen LogP contribution in [0.1, 0.15) is 20.3 Å². The number of hydrogen-bond acceptors (Lipinski definition) is 3. The number of piperidine rings is 1. The number of hydrogen-bond donors (Lipinski definition) is 1. The van der Waals surface area contributed by atoms with Crippen LogP contribution >= 0.6 is 0 Å². The Morgan fingerprint density at radius 3 is 2.28 bits per heavy atom. The third-order valence-electron chi connectivity index (χ3n) is 3.37. The molecule has 0 bridgehead atoms. The smallest absolute Gasteiger partial charge is 0.245 e. The Labute approximate surface area is 109 Å². The Balaban J connectivity index is 2.34. The zero-order chi connectivity index (χ0) is 13.3. The summed E-state index contributed by atoms with van der Waals surface area (Å²) in [6.07, 6.45) is 1.08. The number of benzene rings is 1. The first kappa shape index (κ1) is 13.4. The first-order valence-corrected chi connectivity index (χ1v) is 7.70. The summed E-state index contributed by atoms with van der Waals surface area (Å²) < 4.78 is 26.7. The molecule has 0 amide bonds. The lowest BCUT2D eigenvalue weighted by Crippen LogP contribution is -2.42. The van der Waals surface area contributed by atoms with Gasteiger partial charge in [0, 0.05) is 13.1 Å². The van der Waals surface area contributed by atoms with Crippen molar-refractivity contribution in [2.45, 2.75) is 25.2 Å². The van der Waals surface area contributed by atoms with Gasteiger partial charge in [0.05, 0.1) is 5.69 Å². The van der Waals surface area contributed by atoms with Crippen molar-refractivity contribution in [3.8, 4) is 0 Å². The summed E-state index contributed by atoms with van der Waals surface area (Å²) in [5.74, 6) is 0.793. The van der Waals surface area contributed by atoms with Crippen molar-refractivity contribution in [2.75, 3.05) is 18.8 Å². The van der Waals surface area contributed by atoms with Crippen molar-refractivity contribution in [1.29, 1.82) is 0 Å². The number of para-hydroxylation sites is 1. The van der Waals surface area contributed by atoms with Gasteiger partial charge in [-0.25, -0.2) is 8.42 Å². The van der Waals surface area contributed by atoms with Crippen molar-refractivity contribution in [1.82, 2.24) is 4.31 Å². The summed E-state index contributed by atoms with van der Waals surface area (Å²) in [7, 11) is -3.45. The van der Waals surface area contributed by atoms with Gasteiger partial charge in [0.2, 0.25) is 10.0 Å². The molecule has 1 saturated heterocycles. The maximum Gasteiger partial charge on any atom is 0.245 e. The summed E-state index contributed by atoms with van der Waals surface area (Å²) in [5.41, 5.74) is 6.10. The molecule has 100 valence electrons. The van der Waals surface area contributed by atoms with Crippen LogP contribution in [0.4, 0.5) is 5.69 Å². The van der Waals surface area contributed by atoms with Crippen LogP contribution in [0, 0.1) is 11.8 Å². The maximum atomic E-state index is 12.5. The average Bonchev–Trinajstić information content (AvgIpc) is 2.28. The molecular weight excluding hydrogens is 248 g/mol. The molecule has 0 aromatic heterocycles. The number of sulfonamides is 1. The Morgan fingerprint density at radius 1 is 1.17 bits per heavy atom. The van der Waals surface area contributed by atoms with E-state index in [1.807, 2.05) is 0 Å². The standard InChI is InChI=1S/C13H20N2O2S/c1-10-7-11(2)9-15(8-10)18(16,17)13-6-4-3-5-12(13)14/h3-6,10-11H,7-9,14H2,1-2H3/t10-,11-/m1/s1. The van der Waals surface area contributed by atoms with Gasteiger partial charge >= 0.3 is 0 Å². The SMILES string of the molecule is C[C@@H]1C[C@@H](C)CN(S(=O)(=O)c2ccccc2N)C1. The molecule has 1 aliphatic rings. The highest BCUT2D eigenvalue weighted by Gasteiger charge is 2.32. The lowest BCUT2D eigenvalue weighted by atomic mass is 9.94. The van der Waals surface area contributed by atoms with Crippen LogP contribution < -0.4 is 5.73 Å². The van der Waals surface area contributed by atoms with Gasteiger partial charge in [-0.15, -0.1) is 0 Å². The molecule has 2 atom stereocenters. The van der Waals surface area contributed by atoms with E-state index in [9.17, 15) is 8.42 Å². The summed E-state index contributed by atoms with van der Waals surface area (Å²) >= 11 is 0. The summed E-state index contributed by atoms with van der Waals surface area (Å²) in [6.45, 7) is 5.35. The highest BCUT2D eigenvalue weighted by atomic mass is 32.2. The summed E-state index contributed by atoms with van der Waals surface area (Å²) in [4.78, 5) is 0.228. The van der Waals surface area contributed by atoms with E-state index in [2.05, 4.69) is 13.8 Å². The topological polar surface area (TPSA) is 63.4 Å². The molecular formula is C13H20N2O2S. The average molecular weight is 268 g/mol. The van der Waals surface area contributed by atoms with Crippen LogP contribution in [0.3, 0.4) is 0 Å². The van der Waals surface area contributed by atoms with Gasteiger partial charge in [-0.1, -0.05) is 26.0 Å². The number of nitrogen functional groups attached to an aromatic ring is 1. The van der Waals surface area contributed by atoms with Crippen molar-refractivity contribution in [3.05, 3.63) is 24.3 Å². The molecule has 2 N–H and O–H groups in total. The molecule has 1 aromatic rings. The van der Waals surface area contributed by atoms with Gasteiger partial charge in [-0.05, 0) is 30.4 Å². The zero-order valence-corrected chi connectivity index (χ0v) is 11.7. The second-order valence-electron chi connectivity index (χ2n) is 5.31. The van der Waals surface area contributed by atoms with E-state index in [0.717, 1.165) is 6.42 Å². The van der Waals surface area contributed by atoms with Gasteiger partial charge in [0.25, 0.3) is 0 Å². The van der Waals surface area contributed by atoms with Crippen molar-refractivity contribution in [2.24, 2.45) is 11.8 Å². The fourth-order valence-corrected chi connectivity index (χ4v) is 4.45. The Hall–Kier alpha value is -1.07. The highest BCUT2D eigenvalue weighted by Crippen LogP contribution is 2.28.